The molecule has 3 N–H and O–H groups in total. The molecule has 1 fully saturated rings. The van der Waals surface area contributed by atoms with Crippen LogP contribution >= 0.6 is 0 Å². The van der Waals surface area contributed by atoms with Gasteiger partial charge in [0.25, 0.3) is 0 Å². The molecule has 2 rings (SSSR count). The van der Waals surface area contributed by atoms with Crippen molar-refractivity contribution in [1.29, 1.82) is 0 Å². The zero-order chi connectivity index (χ0) is 12.3. The molecule has 94 valence electrons. The Hall–Kier alpha value is -1.36. The highest BCUT2D eigenvalue weighted by Gasteiger charge is 2.23. The van der Waals surface area contributed by atoms with Crippen molar-refractivity contribution in [3.8, 4) is 0 Å². The Bertz CT molecular complexity index is 361. The molecule has 0 radical (unpaired) electrons. The molecule has 1 saturated heterocycles. The summed E-state index contributed by atoms with van der Waals surface area (Å²) in [5.41, 5.74) is 5.76. The number of piperidine rings is 1. The Morgan fingerprint density at radius 3 is 3.00 bits per heavy atom. The highest BCUT2D eigenvalue weighted by molar-refractivity contribution is 5.48. The number of aromatic nitrogens is 2. The second kappa shape index (κ2) is 5.31. The number of rotatable bonds is 3. The molecule has 0 amide bonds. The lowest BCUT2D eigenvalue weighted by atomic mass is 10.00. The first kappa shape index (κ1) is 12.1. The van der Waals surface area contributed by atoms with Crippen molar-refractivity contribution in [3.05, 3.63) is 11.9 Å². The molecular weight excluding hydrogens is 216 g/mol. The van der Waals surface area contributed by atoms with E-state index >= 15 is 0 Å². The molecule has 0 bridgehead atoms. The van der Waals surface area contributed by atoms with Gasteiger partial charge in [-0.2, -0.15) is 0 Å². The Labute approximate surface area is 102 Å². The summed E-state index contributed by atoms with van der Waals surface area (Å²) in [5, 5.41) is 9.11. The second-order valence-corrected chi connectivity index (χ2v) is 4.55. The largest absolute Gasteiger partial charge is 0.396 e. The molecule has 1 aliphatic heterocycles. The van der Waals surface area contributed by atoms with E-state index in [9.17, 15) is 0 Å². The fourth-order valence-electron chi connectivity index (χ4n) is 2.47. The van der Waals surface area contributed by atoms with Crippen LogP contribution in [0.2, 0.25) is 0 Å². The van der Waals surface area contributed by atoms with E-state index in [1.54, 1.807) is 0 Å². The number of aryl methyl sites for hydroxylation is 1. The number of aliphatic hydroxyl groups excluding tert-OH is 1. The van der Waals surface area contributed by atoms with Crippen LogP contribution in [0.4, 0.5) is 11.6 Å². The lowest BCUT2D eigenvalue weighted by Crippen LogP contribution is -2.40. The van der Waals surface area contributed by atoms with Gasteiger partial charge in [-0.05, 0) is 32.6 Å². The molecule has 5 nitrogen and oxygen atoms in total. The van der Waals surface area contributed by atoms with E-state index in [2.05, 4.69) is 14.9 Å². The molecule has 0 aliphatic carbocycles. The number of hydrogen-bond donors (Lipinski definition) is 2. The highest BCUT2D eigenvalue weighted by atomic mass is 16.3. The molecule has 2 heterocycles. The number of nitrogen functional groups attached to an aromatic ring is 1. The van der Waals surface area contributed by atoms with Crippen molar-refractivity contribution in [2.24, 2.45) is 0 Å². The third-order valence-electron chi connectivity index (χ3n) is 3.23. The van der Waals surface area contributed by atoms with E-state index in [0.717, 1.165) is 25.2 Å². The van der Waals surface area contributed by atoms with E-state index in [-0.39, 0.29) is 6.61 Å². The summed E-state index contributed by atoms with van der Waals surface area (Å²) in [6.45, 7) is 3.06. The minimum atomic E-state index is 0.223. The SMILES string of the molecule is Cc1nc(N)cc(N2CCCCC2CCO)n1. The molecule has 1 unspecified atom stereocenters. The molecular formula is C12H20N4O. The van der Waals surface area contributed by atoms with Gasteiger partial charge < -0.3 is 15.7 Å². The second-order valence-electron chi connectivity index (χ2n) is 4.55. The van der Waals surface area contributed by atoms with Crippen LogP contribution < -0.4 is 10.6 Å². The maximum atomic E-state index is 9.11. The average molecular weight is 236 g/mol. The van der Waals surface area contributed by atoms with Crippen molar-refractivity contribution in [3.63, 3.8) is 0 Å². The minimum Gasteiger partial charge on any atom is -0.396 e. The van der Waals surface area contributed by atoms with Gasteiger partial charge in [0, 0.05) is 25.3 Å². The zero-order valence-corrected chi connectivity index (χ0v) is 10.3. The van der Waals surface area contributed by atoms with Crippen LogP contribution in [-0.4, -0.2) is 34.3 Å². The summed E-state index contributed by atoms with van der Waals surface area (Å²) in [6, 6.07) is 2.20. The fourth-order valence-corrected chi connectivity index (χ4v) is 2.47. The maximum Gasteiger partial charge on any atom is 0.134 e. The smallest absolute Gasteiger partial charge is 0.134 e. The predicted molar refractivity (Wildman–Crippen MR) is 67.9 cm³/mol. The van der Waals surface area contributed by atoms with Gasteiger partial charge in [-0.25, -0.2) is 9.97 Å². The van der Waals surface area contributed by atoms with Crippen LogP contribution in [0.1, 0.15) is 31.5 Å². The van der Waals surface area contributed by atoms with E-state index in [0.29, 0.717) is 17.7 Å². The van der Waals surface area contributed by atoms with Crippen molar-refractivity contribution in [2.75, 3.05) is 23.8 Å². The van der Waals surface area contributed by atoms with Crippen molar-refractivity contribution in [1.82, 2.24) is 9.97 Å². The maximum absolute atomic E-state index is 9.11. The standard InChI is InChI=1S/C12H20N4O/c1-9-14-11(13)8-12(15-9)16-6-3-2-4-10(16)5-7-17/h8,10,17H,2-7H2,1H3,(H2,13,14,15). The lowest BCUT2D eigenvalue weighted by molar-refractivity contribution is 0.262. The summed E-state index contributed by atoms with van der Waals surface area (Å²) < 4.78 is 0. The summed E-state index contributed by atoms with van der Waals surface area (Å²) in [4.78, 5) is 10.8. The van der Waals surface area contributed by atoms with Gasteiger partial charge in [0.05, 0.1) is 0 Å². The molecule has 1 aromatic rings. The molecule has 1 aliphatic rings. The van der Waals surface area contributed by atoms with Gasteiger partial charge in [-0.1, -0.05) is 0 Å². The monoisotopic (exact) mass is 236 g/mol. The number of nitrogens with zero attached hydrogens (tertiary/aromatic N) is 3. The van der Waals surface area contributed by atoms with Crippen LogP contribution in [0.3, 0.4) is 0 Å². The van der Waals surface area contributed by atoms with E-state index in [1.807, 2.05) is 13.0 Å². The van der Waals surface area contributed by atoms with Gasteiger partial charge >= 0.3 is 0 Å². The normalized spacial score (nSPS) is 20.6. The van der Waals surface area contributed by atoms with Crippen molar-refractivity contribution in [2.45, 2.75) is 38.6 Å². The van der Waals surface area contributed by atoms with Crippen LogP contribution in [0.5, 0.6) is 0 Å². The van der Waals surface area contributed by atoms with Gasteiger partial charge in [0.2, 0.25) is 0 Å². The summed E-state index contributed by atoms with van der Waals surface area (Å²) in [7, 11) is 0. The van der Waals surface area contributed by atoms with Gasteiger partial charge in [0.15, 0.2) is 0 Å². The van der Waals surface area contributed by atoms with Gasteiger partial charge in [-0.3, -0.25) is 0 Å². The molecule has 1 atom stereocenters. The van der Waals surface area contributed by atoms with E-state index in [1.165, 1.54) is 12.8 Å². The van der Waals surface area contributed by atoms with Gasteiger partial charge in [-0.15, -0.1) is 0 Å². The molecule has 0 aromatic carbocycles. The summed E-state index contributed by atoms with van der Waals surface area (Å²) in [6.07, 6.45) is 4.30. The number of hydrogen-bond acceptors (Lipinski definition) is 5. The predicted octanol–water partition coefficient (Wildman–Crippen LogP) is 1.11. The molecule has 17 heavy (non-hydrogen) atoms. The summed E-state index contributed by atoms with van der Waals surface area (Å²) >= 11 is 0. The van der Waals surface area contributed by atoms with Crippen LogP contribution in [0.25, 0.3) is 0 Å². The van der Waals surface area contributed by atoms with Gasteiger partial charge in [0.1, 0.15) is 17.5 Å². The van der Waals surface area contributed by atoms with Crippen LogP contribution in [-0.2, 0) is 0 Å². The quantitative estimate of drug-likeness (QED) is 0.822. The minimum absolute atomic E-state index is 0.223. The first-order valence-corrected chi connectivity index (χ1v) is 6.19. The Morgan fingerprint density at radius 2 is 2.29 bits per heavy atom. The highest BCUT2D eigenvalue weighted by Crippen LogP contribution is 2.25. The molecule has 5 heteroatoms. The zero-order valence-electron chi connectivity index (χ0n) is 10.3. The van der Waals surface area contributed by atoms with E-state index < -0.39 is 0 Å². The Morgan fingerprint density at radius 1 is 1.47 bits per heavy atom. The third-order valence-corrected chi connectivity index (χ3v) is 3.23. The first-order chi connectivity index (χ1) is 8.20. The number of aliphatic hydroxyl groups is 1. The lowest BCUT2D eigenvalue weighted by Gasteiger charge is -2.36. The third kappa shape index (κ3) is 2.85. The average Bonchev–Trinajstić information content (AvgIpc) is 2.29. The van der Waals surface area contributed by atoms with Crippen molar-refractivity contribution >= 4 is 11.6 Å². The first-order valence-electron chi connectivity index (χ1n) is 6.19. The number of nitrogens with two attached hydrogens (primary N) is 1. The molecule has 0 spiro atoms. The number of anilines is 2. The molecule has 0 saturated carbocycles. The van der Waals surface area contributed by atoms with Crippen LogP contribution in [0.15, 0.2) is 6.07 Å². The fraction of sp³-hybridized carbons (Fsp3) is 0.667. The summed E-state index contributed by atoms with van der Waals surface area (Å²) in [5.74, 6) is 2.11. The van der Waals surface area contributed by atoms with Crippen molar-refractivity contribution < 1.29 is 5.11 Å². The topological polar surface area (TPSA) is 75.3 Å². The van der Waals surface area contributed by atoms with E-state index in [4.69, 9.17) is 10.8 Å². The molecule has 1 aromatic heterocycles. The Balaban J connectivity index is 2.22. The Kier molecular flexibility index (Phi) is 3.78. The van der Waals surface area contributed by atoms with Crippen LogP contribution in [0, 0.1) is 6.92 Å².